The molecule has 2 rings (SSSR count). The molecule has 0 radical (unpaired) electrons. The van der Waals surface area contributed by atoms with E-state index in [4.69, 9.17) is 10.5 Å². The summed E-state index contributed by atoms with van der Waals surface area (Å²) in [5.41, 5.74) is 6.06. The Morgan fingerprint density at radius 3 is 2.62 bits per heavy atom. The van der Waals surface area contributed by atoms with Crippen molar-refractivity contribution in [1.29, 1.82) is 0 Å². The van der Waals surface area contributed by atoms with E-state index in [0.29, 0.717) is 10.2 Å². The number of sulfonamides is 1. The SMILES string of the molecule is COc1cc(N)ccc1S(=O)(=O)Nc1cc(F)ccc1Br. The summed E-state index contributed by atoms with van der Waals surface area (Å²) in [7, 11) is -2.60. The van der Waals surface area contributed by atoms with Crippen molar-refractivity contribution in [3.63, 3.8) is 0 Å². The van der Waals surface area contributed by atoms with E-state index in [9.17, 15) is 12.8 Å². The Morgan fingerprint density at radius 2 is 1.95 bits per heavy atom. The van der Waals surface area contributed by atoms with E-state index < -0.39 is 15.8 Å². The molecular weight excluding hydrogens is 363 g/mol. The Labute approximate surface area is 130 Å². The van der Waals surface area contributed by atoms with Gasteiger partial charge >= 0.3 is 0 Å². The molecule has 0 aliphatic heterocycles. The van der Waals surface area contributed by atoms with Gasteiger partial charge in [0.25, 0.3) is 10.0 Å². The lowest BCUT2D eigenvalue weighted by Crippen LogP contribution is -2.14. The zero-order chi connectivity index (χ0) is 15.6. The second-order valence-corrected chi connectivity index (χ2v) is 6.65. The van der Waals surface area contributed by atoms with Crippen molar-refractivity contribution in [3.8, 4) is 5.75 Å². The number of ether oxygens (including phenoxy) is 1. The molecule has 3 N–H and O–H groups in total. The number of hydrogen-bond acceptors (Lipinski definition) is 4. The van der Waals surface area contributed by atoms with Gasteiger partial charge in [-0.2, -0.15) is 0 Å². The number of hydrogen-bond donors (Lipinski definition) is 2. The first-order valence-electron chi connectivity index (χ1n) is 5.75. The second kappa shape index (κ2) is 5.90. The van der Waals surface area contributed by atoms with Gasteiger partial charge < -0.3 is 10.5 Å². The molecule has 0 heterocycles. The quantitative estimate of drug-likeness (QED) is 0.806. The predicted octanol–water partition coefficient (Wildman–Crippen LogP) is 2.98. The summed E-state index contributed by atoms with van der Waals surface area (Å²) in [5.74, 6) is -0.449. The lowest BCUT2D eigenvalue weighted by Gasteiger charge is -2.13. The predicted molar refractivity (Wildman–Crippen MR) is 82.3 cm³/mol. The number of rotatable bonds is 4. The fraction of sp³-hybridized carbons (Fsp3) is 0.0769. The van der Waals surface area contributed by atoms with Crippen LogP contribution in [0.3, 0.4) is 0 Å². The van der Waals surface area contributed by atoms with Crippen molar-refractivity contribution in [3.05, 3.63) is 46.7 Å². The molecule has 0 fully saturated rings. The molecule has 0 aliphatic carbocycles. The van der Waals surface area contributed by atoms with Gasteiger partial charge in [-0.25, -0.2) is 12.8 Å². The minimum Gasteiger partial charge on any atom is -0.495 e. The van der Waals surface area contributed by atoms with Gasteiger partial charge in [0.05, 0.1) is 12.8 Å². The van der Waals surface area contributed by atoms with Crippen LogP contribution in [0.5, 0.6) is 5.75 Å². The summed E-state index contributed by atoms with van der Waals surface area (Å²) in [6, 6.07) is 7.86. The van der Waals surface area contributed by atoms with Crippen LogP contribution < -0.4 is 15.2 Å². The molecule has 0 amide bonds. The average molecular weight is 375 g/mol. The van der Waals surface area contributed by atoms with E-state index in [1.54, 1.807) is 0 Å². The minimum atomic E-state index is -3.94. The first-order chi connectivity index (χ1) is 9.83. The van der Waals surface area contributed by atoms with E-state index in [0.717, 1.165) is 6.07 Å². The van der Waals surface area contributed by atoms with Crippen molar-refractivity contribution < 1.29 is 17.5 Å². The molecule has 8 heteroatoms. The molecule has 0 atom stereocenters. The van der Waals surface area contributed by atoms with Gasteiger partial charge in [0.15, 0.2) is 0 Å². The molecule has 0 saturated heterocycles. The minimum absolute atomic E-state index is 0.0876. The molecule has 0 saturated carbocycles. The molecule has 0 bridgehead atoms. The van der Waals surface area contributed by atoms with E-state index in [2.05, 4.69) is 20.7 Å². The Morgan fingerprint density at radius 1 is 1.24 bits per heavy atom. The highest BCUT2D eigenvalue weighted by molar-refractivity contribution is 9.10. The van der Waals surface area contributed by atoms with Gasteiger partial charge in [-0.3, -0.25) is 4.72 Å². The highest BCUT2D eigenvalue weighted by Gasteiger charge is 2.21. The third-order valence-corrected chi connectivity index (χ3v) is 4.75. The average Bonchev–Trinajstić information content (AvgIpc) is 2.42. The summed E-state index contributed by atoms with van der Waals surface area (Å²) in [4.78, 5) is -0.0876. The highest BCUT2D eigenvalue weighted by atomic mass is 79.9. The first-order valence-corrected chi connectivity index (χ1v) is 8.02. The smallest absolute Gasteiger partial charge is 0.265 e. The fourth-order valence-corrected chi connectivity index (χ4v) is 3.38. The Kier molecular flexibility index (Phi) is 4.38. The van der Waals surface area contributed by atoms with E-state index in [-0.39, 0.29) is 16.3 Å². The number of nitrogens with two attached hydrogens (primary N) is 1. The second-order valence-electron chi connectivity index (χ2n) is 4.14. The number of anilines is 2. The monoisotopic (exact) mass is 374 g/mol. The zero-order valence-corrected chi connectivity index (χ0v) is 13.3. The number of halogens is 2. The van der Waals surface area contributed by atoms with Crippen LogP contribution >= 0.6 is 15.9 Å². The van der Waals surface area contributed by atoms with Crippen LogP contribution in [0, 0.1) is 5.82 Å². The third kappa shape index (κ3) is 3.45. The summed E-state index contributed by atoms with van der Waals surface area (Å²) in [6.07, 6.45) is 0. The van der Waals surface area contributed by atoms with Crippen molar-refractivity contribution in [2.24, 2.45) is 0 Å². The number of nitrogens with one attached hydrogen (secondary N) is 1. The summed E-state index contributed by atoms with van der Waals surface area (Å²) < 4.78 is 45.7. The number of methoxy groups -OCH3 is 1. The summed E-state index contributed by atoms with van der Waals surface area (Å²) in [6.45, 7) is 0. The van der Waals surface area contributed by atoms with Gasteiger partial charge in [0.2, 0.25) is 0 Å². The Balaban J connectivity index is 2.46. The largest absolute Gasteiger partial charge is 0.495 e. The van der Waals surface area contributed by atoms with Gasteiger partial charge in [-0.15, -0.1) is 0 Å². The molecule has 112 valence electrons. The number of nitrogen functional groups attached to an aromatic ring is 1. The molecule has 2 aromatic carbocycles. The maximum atomic E-state index is 13.2. The van der Waals surface area contributed by atoms with E-state index in [1.165, 1.54) is 37.4 Å². The molecule has 0 aromatic heterocycles. The van der Waals surface area contributed by atoms with E-state index in [1.807, 2.05) is 0 Å². The van der Waals surface area contributed by atoms with Crippen LogP contribution in [0.25, 0.3) is 0 Å². The molecule has 0 aliphatic rings. The molecule has 0 unspecified atom stereocenters. The third-order valence-electron chi connectivity index (χ3n) is 2.65. The fourth-order valence-electron chi connectivity index (χ4n) is 1.68. The Bertz CT molecular complexity index is 781. The number of benzene rings is 2. The van der Waals surface area contributed by atoms with E-state index >= 15 is 0 Å². The van der Waals surface area contributed by atoms with Gasteiger partial charge in [0, 0.05) is 16.2 Å². The van der Waals surface area contributed by atoms with Crippen molar-refractivity contribution in [1.82, 2.24) is 0 Å². The van der Waals surface area contributed by atoms with Crippen LogP contribution in [-0.2, 0) is 10.0 Å². The zero-order valence-electron chi connectivity index (χ0n) is 10.9. The summed E-state index contributed by atoms with van der Waals surface area (Å²) >= 11 is 3.16. The maximum Gasteiger partial charge on any atom is 0.265 e. The van der Waals surface area contributed by atoms with Crippen LogP contribution in [0.15, 0.2) is 45.8 Å². The van der Waals surface area contributed by atoms with Crippen molar-refractivity contribution in [2.45, 2.75) is 4.90 Å². The van der Waals surface area contributed by atoms with Gasteiger partial charge in [0.1, 0.15) is 16.5 Å². The standard InChI is InChI=1S/C13H12BrFN2O3S/c1-20-12-7-9(16)3-5-13(12)21(18,19)17-11-6-8(15)2-4-10(11)14/h2-7,17H,16H2,1H3. The van der Waals surface area contributed by atoms with Gasteiger partial charge in [-0.05, 0) is 46.3 Å². The van der Waals surface area contributed by atoms with Crippen LogP contribution in [0.2, 0.25) is 0 Å². The molecule has 0 spiro atoms. The summed E-state index contributed by atoms with van der Waals surface area (Å²) in [5, 5.41) is 0. The highest BCUT2D eigenvalue weighted by Crippen LogP contribution is 2.30. The van der Waals surface area contributed by atoms with Crippen LogP contribution in [0.4, 0.5) is 15.8 Å². The molecule has 5 nitrogen and oxygen atoms in total. The topological polar surface area (TPSA) is 81.4 Å². The van der Waals surface area contributed by atoms with Gasteiger partial charge in [-0.1, -0.05) is 0 Å². The molecule has 2 aromatic rings. The molecule has 21 heavy (non-hydrogen) atoms. The van der Waals surface area contributed by atoms with Crippen LogP contribution in [0.1, 0.15) is 0 Å². The van der Waals surface area contributed by atoms with Crippen molar-refractivity contribution >= 4 is 37.3 Å². The lowest BCUT2D eigenvalue weighted by atomic mass is 10.3. The Hall–Kier alpha value is -1.80. The lowest BCUT2D eigenvalue weighted by molar-refractivity contribution is 0.403. The molecular formula is C13H12BrFN2O3S. The van der Waals surface area contributed by atoms with Crippen LogP contribution in [-0.4, -0.2) is 15.5 Å². The van der Waals surface area contributed by atoms with Crippen molar-refractivity contribution in [2.75, 3.05) is 17.6 Å². The maximum absolute atomic E-state index is 13.2. The first kappa shape index (κ1) is 15.6. The normalized spacial score (nSPS) is 11.2.